The minimum atomic E-state index is -0.935. The van der Waals surface area contributed by atoms with E-state index in [1.807, 2.05) is 43.3 Å². The van der Waals surface area contributed by atoms with E-state index >= 15 is 0 Å². The summed E-state index contributed by atoms with van der Waals surface area (Å²) in [6.07, 6.45) is 1.73. The summed E-state index contributed by atoms with van der Waals surface area (Å²) in [6, 6.07) is 16.5. The van der Waals surface area contributed by atoms with Crippen LogP contribution in [0.15, 0.2) is 60.8 Å². The lowest BCUT2D eigenvalue weighted by Crippen LogP contribution is -2.33. The Bertz CT molecular complexity index is 1060. The zero-order chi connectivity index (χ0) is 21.1. The Morgan fingerprint density at radius 3 is 2.80 bits per heavy atom. The van der Waals surface area contributed by atoms with E-state index in [1.54, 1.807) is 18.3 Å². The van der Waals surface area contributed by atoms with Gasteiger partial charge in [-0.1, -0.05) is 35.9 Å². The number of carboxylic acids is 1. The van der Waals surface area contributed by atoms with Gasteiger partial charge in [-0.2, -0.15) is 0 Å². The van der Waals surface area contributed by atoms with E-state index in [-0.39, 0.29) is 11.6 Å². The van der Waals surface area contributed by atoms with Crippen molar-refractivity contribution in [2.45, 2.75) is 19.5 Å². The maximum atomic E-state index is 11.1. The Balaban J connectivity index is 1.59. The third-order valence-corrected chi connectivity index (χ3v) is 5.33. The average molecular weight is 424 g/mol. The Kier molecular flexibility index (Phi) is 5.77. The smallest absolute Gasteiger partial charge is 0.335 e. The van der Waals surface area contributed by atoms with Crippen LogP contribution in [0.1, 0.15) is 34.5 Å². The molecule has 154 valence electrons. The standard InChI is InChI=1S/C23H22ClN3O3/c1-15(17-5-7-18(8-6-17)23(28)29)26-22-21-20(9-10-25-22)30-12-11-27(21)14-16-3-2-4-19(24)13-16/h2-10,13,15H,11-12,14H2,1H3,(H,25,26)(H,28,29)/t15-/m0/s1. The monoisotopic (exact) mass is 423 g/mol. The molecule has 6 nitrogen and oxygen atoms in total. The number of nitrogens with one attached hydrogen (secondary N) is 1. The summed E-state index contributed by atoms with van der Waals surface area (Å²) < 4.78 is 5.87. The van der Waals surface area contributed by atoms with Gasteiger partial charge in [0.15, 0.2) is 5.82 Å². The molecule has 0 bridgehead atoms. The van der Waals surface area contributed by atoms with E-state index in [1.165, 1.54) is 0 Å². The average Bonchev–Trinajstić information content (AvgIpc) is 2.74. The minimum Gasteiger partial charge on any atom is -0.489 e. The highest BCUT2D eigenvalue weighted by Gasteiger charge is 2.24. The van der Waals surface area contributed by atoms with Gasteiger partial charge in [-0.3, -0.25) is 0 Å². The summed E-state index contributed by atoms with van der Waals surface area (Å²) >= 11 is 6.16. The molecule has 0 amide bonds. The van der Waals surface area contributed by atoms with Crippen molar-refractivity contribution in [3.05, 3.63) is 82.5 Å². The van der Waals surface area contributed by atoms with Crippen LogP contribution >= 0.6 is 11.6 Å². The zero-order valence-electron chi connectivity index (χ0n) is 16.5. The van der Waals surface area contributed by atoms with Gasteiger partial charge in [0.05, 0.1) is 18.2 Å². The van der Waals surface area contributed by atoms with Crippen LogP contribution < -0.4 is 15.0 Å². The molecule has 1 aromatic heterocycles. The van der Waals surface area contributed by atoms with E-state index in [9.17, 15) is 4.79 Å². The van der Waals surface area contributed by atoms with Crippen molar-refractivity contribution in [2.24, 2.45) is 0 Å². The van der Waals surface area contributed by atoms with Crippen molar-refractivity contribution in [1.82, 2.24) is 4.98 Å². The molecule has 0 spiro atoms. The van der Waals surface area contributed by atoms with Crippen molar-refractivity contribution in [1.29, 1.82) is 0 Å². The summed E-state index contributed by atoms with van der Waals surface area (Å²) in [7, 11) is 0. The molecule has 7 heteroatoms. The molecule has 30 heavy (non-hydrogen) atoms. The molecular formula is C23H22ClN3O3. The summed E-state index contributed by atoms with van der Waals surface area (Å²) in [6.45, 7) is 4.05. The minimum absolute atomic E-state index is 0.0678. The first-order valence-electron chi connectivity index (χ1n) is 9.72. The van der Waals surface area contributed by atoms with E-state index in [2.05, 4.69) is 21.3 Å². The number of fused-ring (bicyclic) bond motifs is 1. The largest absolute Gasteiger partial charge is 0.489 e. The third-order valence-electron chi connectivity index (χ3n) is 5.10. The van der Waals surface area contributed by atoms with Crippen molar-refractivity contribution < 1.29 is 14.6 Å². The molecular weight excluding hydrogens is 402 g/mol. The van der Waals surface area contributed by atoms with E-state index in [4.69, 9.17) is 21.4 Å². The van der Waals surface area contributed by atoms with Gasteiger partial charge in [0.2, 0.25) is 0 Å². The maximum Gasteiger partial charge on any atom is 0.335 e. The van der Waals surface area contributed by atoms with Crippen LogP contribution in [0.3, 0.4) is 0 Å². The van der Waals surface area contributed by atoms with Crippen molar-refractivity contribution in [3.63, 3.8) is 0 Å². The van der Waals surface area contributed by atoms with Gasteiger partial charge in [0, 0.05) is 23.8 Å². The van der Waals surface area contributed by atoms with Gasteiger partial charge >= 0.3 is 5.97 Å². The third kappa shape index (κ3) is 4.33. The number of anilines is 2. The normalized spacial score (nSPS) is 13.9. The Labute approximate surface area is 180 Å². The molecule has 0 saturated heterocycles. The van der Waals surface area contributed by atoms with Gasteiger partial charge in [-0.25, -0.2) is 9.78 Å². The fraction of sp³-hybridized carbons (Fsp3) is 0.217. The van der Waals surface area contributed by atoms with Crippen molar-refractivity contribution in [3.8, 4) is 5.75 Å². The fourth-order valence-corrected chi connectivity index (χ4v) is 3.77. The van der Waals surface area contributed by atoms with Gasteiger partial charge in [0.1, 0.15) is 18.0 Å². The highest BCUT2D eigenvalue weighted by Crippen LogP contribution is 2.39. The molecule has 3 aromatic rings. The predicted octanol–water partition coefficient (Wildman–Crippen LogP) is 5.01. The molecule has 0 fully saturated rings. The molecule has 0 unspecified atom stereocenters. The topological polar surface area (TPSA) is 74.7 Å². The second kappa shape index (κ2) is 8.63. The number of hydrogen-bond acceptors (Lipinski definition) is 5. The second-order valence-corrected chi connectivity index (χ2v) is 7.64. The molecule has 1 aliphatic heterocycles. The van der Waals surface area contributed by atoms with Crippen LogP contribution in [0.4, 0.5) is 11.5 Å². The molecule has 4 rings (SSSR count). The molecule has 1 atom stereocenters. The lowest BCUT2D eigenvalue weighted by atomic mass is 10.1. The van der Waals surface area contributed by atoms with Gasteiger partial charge in [0.25, 0.3) is 0 Å². The Morgan fingerprint density at radius 2 is 2.07 bits per heavy atom. The first-order valence-corrected chi connectivity index (χ1v) is 10.1. The van der Waals surface area contributed by atoms with Crippen molar-refractivity contribution in [2.75, 3.05) is 23.4 Å². The lowest BCUT2D eigenvalue weighted by Gasteiger charge is -2.33. The molecule has 2 aromatic carbocycles. The summed E-state index contributed by atoms with van der Waals surface area (Å²) in [5.41, 5.74) is 3.26. The highest BCUT2D eigenvalue weighted by atomic mass is 35.5. The quantitative estimate of drug-likeness (QED) is 0.580. The van der Waals surface area contributed by atoms with Crippen LogP contribution in [0.25, 0.3) is 0 Å². The number of carbonyl (C=O) groups is 1. The number of rotatable bonds is 6. The van der Waals surface area contributed by atoms with Crippen LogP contribution in [0.2, 0.25) is 5.02 Å². The Hall–Kier alpha value is -3.25. The number of hydrogen-bond donors (Lipinski definition) is 2. The number of aromatic carboxylic acids is 1. The van der Waals surface area contributed by atoms with Crippen LogP contribution in [-0.2, 0) is 6.54 Å². The summed E-state index contributed by atoms with van der Waals surface area (Å²) in [4.78, 5) is 17.9. The second-order valence-electron chi connectivity index (χ2n) is 7.20. The SMILES string of the molecule is C[C@H](Nc1nccc2c1N(Cc1cccc(Cl)c1)CCO2)c1ccc(C(=O)O)cc1. The number of carboxylic acid groups (broad SMARTS) is 1. The molecule has 2 heterocycles. The van der Waals surface area contributed by atoms with Gasteiger partial charge < -0.3 is 20.1 Å². The van der Waals surface area contributed by atoms with E-state index in [0.717, 1.165) is 34.9 Å². The number of aromatic nitrogens is 1. The first-order chi connectivity index (χ1) is 14.5. The number of benzene rings is 2. The van der Waals surface area contributed by atoms with E-state index in [0.29, 0.717) is 18.2 Å². The van der Waals surface area contributed by atoms with Crippen molar-refractivity contribution >= 4 is 29.1 Å². The molecule has 0 radical (unpaired) electrons. The van der Waals surface area contributed by atoms with Gasteiger partial charge in [-0.05, 0) is 42.3 Å². The van der Waals surface area contributed by atoms with E-state index < -0.39 is 5.97 Å². The number of halogens is 1. The van der Waals surface area contributed by atoms with Crippen LogP contribution in [-0.4, -0.2) is 29.2 Å². The number of pyridine rings is 1. The molecule has 1 aliphatic rings. The number of ether oxygens (including phenoxy) is 1. The predicted molar refractivity (Wildman–Crippen MR) is 118 cm³/mol. The van der Waals surface area contributed by atoms with Gasteiger partial charge in [-0.15, -0.1) is 0 Å². The Morgan fingerprint density at radius 1 is 1.27 bits per heavy atom. The zero-order valence-corrected chi connectivity index (χ0v) is 17.3. The first kappa shape index (κ1) is 20.0. The fourth-order valence-electron chi connectivity index (χ4n) is 3.56. The molecule has 0 aliphatic carbocycles. The molecule has 2 N–H and O–H groups in total. The summed E-state index contributed by atoms with van der Waals surface area (Å²) in [5, 5.41) is 13.3. The van der Waals surface area contributed by atoms with Crippen LogP contribution in [0, 0.1) is 0 Å². The van der Waals surface area contributed by atoms with Crippen LogP contribution in [0.5, 0.6) is 5.75 Å². The number of nitrogens with zero attached hydrogens (tertiary/aromatic N) is 2. The lowest BCUT2D eigenvalue weighted by molar-refractivity contribution is 0.0697. The highest BCUT2D eigenvalue weighted by molar-refractivity contribution is 6.30. The maximum absolute atomic E-state index is 11.1. The molecule has 0 saturated carbocycles. The summed E-state index contributed by atoms with van der Waals surface area (Å²) in [5.74, 6) is 0.577.